The third-order valence-electron chi connectivity index (χ3n) is 5.72. The van der Waals surface area contributed by atoms with Gasteiger partial charge in [-0.25, -0.2) is 0 Å². The minimum absolute atomic E-state index is 0.0645. The van der Waals surface area contributed by atoms with Crippen LogP contribution in [0.25, 0.3) is 6.08 Å². The van der Waals surface area contributed by atoms with E-state index in [4.69, 9.17) is 16.3 Å². The summed E-state index contributed by atoms with van der Waals surface area (Å²) in [6.45, 7) is 4.72. The molecule has 6 nitrogen and oxygen atoms in total. The number of fused-ring (bicyclic) bond motifs is 1. The first-order valence-corrected chi connectivity index (χ1v) is 11.0. The fourth-order valence-electron chi connectivity index (χ4n) is 4.14. The van der Waals surface area contributed by atoms with Crippen molar-refractivity contribution in [1.82, 2.24) is 10.2 Å². The van der Waals surface area contributed by atoms with Crippen LogP contribution in [0.4, 0.5) is 5.69 Å². The van der Waals surface area contributed by atoms with Gasteiger partial charge in [0, 0.05) is 17.6 Å². The molecule has 0 saturated carbocycles. The number of nitrogens with one attached hydrogen (secondary N) is 1. The minimum Gasteiger partial charge on any atom is -0.449 e. The van der Waals surface area contributed by atoms with Gasteiger partial charge in [0.05, 0.1) is 5.69 Å². The van der Waals surface area contributed by atoms with E-state index in [-0.39, 0.29) is 24.1 Å². The van der Waals surface area contributed by atoms with Gasteiger partial charge in [0.15, 0.2) is 11.5 Å². The predicted octanol–water partition coefficient (Wildman–Crippen LogP) is 3.71. The Kier molecular flexibility index (Phi) is 6.59. The maximum atomic E-state index is 13.2. The van der Waals surface area contributed by atoms with E-state index < -0.39 is 0 Å². The van der Waals surface area contributed by atoms with Crippen LogP contribution in [-0.2, 0) is 9.59 Å². The van der Waals surface area contributed by atoms with Gasteiger partial charge in [-0.3, -0.25) is 19.4 Å². The van der Waals surface area contributed by atoms with Crippen molar-refractivity contribution in [3.05, 3.63) is 64.9 Å². The number of ether oxygens (including phenoxy) is 1. The lowest BCUT2D eigenvalue weighted by Gasteiger charge is -2.30. The summed E-state index contributed by atoms with van der Waals surface area (Å²) in [7, 11) is 0. The van der Waals surface area contributed by atoms with Crippen LogP contribution >= 0.6 is 11.6 Å². The van der Waals surface area contributed by atoms with Crippen LogP contribution in [0, 0.1) is 0 Å². The first-order chi connectivity index (χ1) is 15.0. The number of nitrogens with zero attached hydrogens (tertiary/aromatic N) is 2. The number of carbonyl (C=O) groups excluding carboxylic acids is 2. The first-order valence-electron chi connectivity index (χ1n) is 10.6. The molecule has 2 aliphatic rings. The Bertz CT molecular complexity index is 1010. The van der Waals surface area contributed by atoms with Gasteiger partial charge >= 0.3 is 0 Å². The Morgan fingerprint density at radius 2 is 2.10 bits per heavy atom. The Labute approximate surface area is 187 Å². The van der Waals surface area contributed by atoms with Gasteiger partial charge in [-0.05, 0) is 61.8 Å². The van der Waals surface area contributed by atoms with Crippen LogP contribution in [0.1, 0.15) is 25.3 Å². The lowest BCUT2D eigenvalue weighted by molar-refractivity contribution is -0.123. The summed E-state index contributed by atoms with van der Waals surface area (Å²) in [5, 5.41) is 3.58. The number of halogens is 1. The number of likely N-dealkylation sites (tertiary alicyclic amines) is 1. The summed E-state index contributed by atoms with van der Waals surface area (Å²) in [5.41, 5.74) is 1.34. The molecule has 2 amide bonds. The maximum Gasteiger partial charge on any atom is 0.294 e. The second-order valence-electron chi connectivity index (χ2n) is 7.75. The molecule has 7 heteroatoms. The molecule has 2 heterocycles. The van der Waals surface area contributed by atoms with Crippen LogP contribution in [0.3, 0.4) is 0 Å². The molecule has 1 unspecified atom stereocenters. The first kappa shape index (κ1) is 21.4. The summed E-state index contributed by atoms with van der Waals surface area (Å²) in [5.74, 6) is 0.151. The van der Waals surface area contributed by atoms with E-state index >= 15 is 0 Å². The quantitative estimate of drug-likeness (QED) is 0.697. The van der Waals surface area contributed by atoms with Crippen LogP contribution in [0.5, 0.6) is 5.75 Å². The number of rotatable bonds is 6. The molecule has 0 aliphatic carbocycles. The molecule has 0 spiro atoms. The predicted molar refractivity (Wildman–Crippen MR) is 122 cm³/mol. The Hall–Kier alpha value is -2.83. The van der Waals surface area contributed by atoms with Gasteiger partial charge < -0.3 is 10.1 Å². The molecule has 0 aromatic heterocycles. The molecule has 0 bridgehead atoms. The lowest BCUT2D eigenvalue weighted by Crippen LogP contribution is -2.47. The van der Waals surface area contributed by atoms with Gasteiger partial charge in [-0.2, -0.15) is 0 Å². The monoisotopic (exact) mass is 439 g/mol. The third kappa shape index (κ3) is 4.92. The Morgan fingerprint density at radius 3 is 2.90 bits per heavy atom. The number of para-hydroxylation sites is 2. The van der Waals surface area contributed by atoms with Gasteiger partial charge in [-0.15, -0.1) is 0 Å². The highest BCUT2D eigenvalue weighted by Gasteiger charge is 2.32. The van der Waals surface area contributed by atoms with E-state index in [0.29, 0.717) is 29.0 Å². The van der Waals surface area contributed by atoms with Crippen molar-refractivity contribution in [2.75, 3.05) is 31.1 Å². The van der Waals surface area contributed by atoms with E-state index in [2.05, 4.69) is 17.1 Å². The van der Waals surface area contributed by atoms with Gasteiger partial charge in [0.2, 0.25) is 5.91 Å². The number of anilines is 1. The molecule has 4 rings (SSSR count). The summed E-state index contributed by atoms with van der Waals surface area (Å²) in [4.78, 5) is 29.8. The standard InChI is InChI=1S/C24H26ClN3O3/c1-2-27-12-6-9-19(27)15-26-23(29)16-28-20-10-3-4-11-21(20)31-22(24(28)30)14-17-7-5-8-18(25)13-17/h3-5,7-8,10-11,13-14,19H,2,6,9,12,15-16H2,1H3,(H,26,29). The lowest BCUT2D eigenvalue weighted by atomic mass is 10.1. The molecule has 162 valence electrons. The molecule has 2 aromatic carbocycles. The molecule has 1 atom stereocenters. The zero-order chi connectivity index (χ0) is 21.8. The molecule has 1 N–H and O–H groups in total. The van der Waals surface area contributed by atoms with E-state index in [0.717, 1.165) is 31.5 Å². The zero-order valence-corrected chi connectivity index (χ0v) is 18.3. The SMILES string of the molecule is CCN1CCCC1CNC(=O)CN1C(=O)C(=Cc2cccc(Cl)c2)Oc2ccccc21. The van der Waals surface area contributed by atoms with E-state index in [1.807, 2.05) is 24.3 Å². The summed E-state index contributed by atoms with van der Waals surface area (Å²) < 4.78 is 5.86. The number of benzene rings is 2. The molecule has 31 heavy (non-hydrogen) atoms. The Morgan fingerprint density at radius 1 is 1.26 bits per heavy atom. The Balaban J connectivity index is 1.51. The fourth-order valence-corrected chi connectivity index (χ4v) is 4.34. The smallest absolute Gasteiger partial charge is 0.294 e. The molecular formula is C24H26ClN3O3. The van der Waals surface area contributed by atoms with Crippen molar-refractivity contribution in [1.29, 1.82) is 0 Å². The number of likely N-dealkylation sites (N-methyl/N-ethyl adjacent to an activating group) is 1. The van der Waals surface area contributed by atoms with E-state index in [1.165, 1.54) is 4.90 Å². The molecule has 2 aromatic rings. The van der Waals surface area contributed by atoms with Gasteiger partial charge in [0.1, 0.15) is 6.54 Å². The molecule has 1 saturated heterocycles. The van der Waals surface area contributed by atoms with Crippen molar-refractivity contribution in [2.24, 2.45) is 0 Å². The molecule has 1 fully saturated rings. The largest absolute Gasteiger partial charge is 0.449 e. The van der Waals surface area contributed by atoms with Crippen molar-refractivity contribution in [2.45, 2.75) is 25.8 Å². The number of amides is 2. The zero-order valence-electron chi connectivity index (χ0n) is 17.5. The normalized spacial score (nSPS) is 19.9. The van der Waals surface area contributed by atoms with Crippen molar-refractivity contribution >= 4 is 35.2 Å². The summed E-state index contributed by atoms with van der Waals surface area (Å²) in [6.07, 6.45) is 3.88. The van der Waals surface area contributed by atoms with Gasteiger partial charge in [-0.1, -0.05) is 42.8 Å². The van der Waals surface area contributed by atoms with Crippen LogP contribution < -0.4 is 15.0 Å². The van der Waals surface area contributed by atoms with Gasteiger partial charge in [0.25, 0.3) is 5.91 Å². The maximum absolute atomic E-state index is 13.2. The number of carbonyl (C=O) groups is 2. The van der Waals surface area contributed by atoms with Crippen LogP contribution in [0.15, 0.2) is 54.3 Å². The van der Waals surface area contributed by atoms with E-state index in [9.17, 15) is 9.59 Å². The molecular weight excluding hydrogens is 414 g/mol. The molecule has 0 radical (unpaired) electrons. The highest BCUT2D eigenvalue weighted by Crippen LogP contribution is 2.35. The van der Waals surface area contributed by atoms with E-state index in [1.54, 1.807) is 30.3 Å². The molecule has 2 aliphatic heterocycles. The van der Waals surface area contributed by atoms with Crippen molar-refractivity contribution in [3.8, 4) is 5.75 Å². The fraction of sp³-hybridized carbons (Fsp3) is 0.333. The van der Waals surface area contributed by atoms with Crippen LogP contribution in [-0.4, -0.2) is 48.9 Å². The minimum atomic E-state index is -0.357. The van der Waals surface area contributed by atoms with Crippen molar-refractivity contribution in [3.63, 3.8) is 0 Å². The van der Waals surface area contributed by atoms with Crippen molar-refractivity contribution < 1.29 is 14.3 Å². The third-order valence-corrected chi connectivity index (χ3v) is 5.96. The average molecular weight is 440 g/mol. The summed E-state index contributed by atoms with van der Waals surface area (Å²) >= 11 is 6.07. The number of hydrogen-bond donors (Lipinski definition) is 1. The second kappa shape index (κ2) is 9.54. The average Bonchev–Trinajstić information content (AvgIpc) is 3.23. The highest BCUT2D eigenvalue weighted by molar-refractivity contribution is 6.30. The highest BCUT2D eigenvalue weighted by atomic mass is 35.5. The second-order valence-corrected chi connectivity index (χ2v) is 8.19. The number of hydrogen-bond acceptors (Lipinski definition) is 4. The summed E-state index contributed by atoms with van der Waals surface area (Å²) in [6, 6.07) is 14.8. The van der Waals surface area contributed by atoms with Crippen LogP contribution in [0.2, 0.25) is 5.02 Å². The topological polar surface area (TPSA) is 61.9 Å².